The molecular weight excluding hydrogens is 284 g/mol. The molecule has 1 aromatic rings. The van der Waals surface area contributed by atoms with E-state index in [0.717, 1.165) is 6.07 Å². The Kier molecular flexibility index (Phi) is 4.85. The molecule has 0 spiro atoms. The number of carboxylic acids is 1. The lowest BCUT2D eigenvalue weighted by Crippen LogP contribution is -2.48. The van der Waals surface area contributed by atoms with E-state index >= 15 is 0 Å². The van der Waals surface area contributed by atoms with Gasteiger partial charge in [0.05, 0.1) is 13.2 Å². The fraction of sp³-hybridized carbons (Fsp3) is 0.429. The molecule has 0 bridgehead atoms. The molecule has 1 saturated heterocycles. The summed E-state index contributed by atoms with van der Waals surface area (Å²) in [5, 5.41) is 8.86. The molecule has 0 unspecified atom stereocenters. The summed E-state index contributed by atoms with van der Waals surface area (Å²) < 4.78 is 31.5. The van der Waals surface area contributed by atoms with Crippen LogP contribution in [0.5, 0.6) is 0 Å². The maximum absolute atomic E-state index is 13.5. The van der Waals surface area contributed by atoms with Crippen molar-refractivity contribution in [3.05, 3.63) is 35.4 Å². The summed E-state index contributed by atoms with van der Waals surface area (Å²) >= 11 is 0. The second-order valence-corrected chi connectivity index (χ2v) is 4.75. The lowest BCUT2D eigenvalue weighted by atomic mass is 10.1. The summed E-state index contributed by atoms with van der Waals surface area (Å²) in [6.07, 6.45) is -0.974. The molecule has 1 amide bonds. The van der Waals surface area contributed by atoms with Gasteiger partial charge in [0.1, 0.15) is 0 Å². The molecule has 0 saturated carbocycles. The lowest BCUT2D eigenvalue weighted by molar-refractivity contribution is -0.159. The minimum atomic E-state index is -1.12. The number of hydrogen-bond acceptors (Lipinski definition) is 3. The monoisotopic (exact) mass is 299 g/mol. The molecule has 1 heterocycles. The number of morpholine rings is 1. The van der Waals surface area contributed by atoms with Gasteiger partial charge in [0, 0.05) is 13.0 Å². The number of carboxylic acid groups (broad SMARTS) is 1. The summed E-state index contributed by atoms with van der Waals surface area (Å²) in [7, 11) is 0. The summed E-state index contributed by atoms with van der Waals surface area (Å²) in [6, 6.07) is 3.82. The van der Waals surface area contributed by atoms with Crippen molar-refractivity contribution in [2.45, 2.75) is 18.9 Å². The zero-order valence-electron chi connectivity index (χ0n) is 11.2. The van der Waals surface area contributed by atoms with Crippen LogP contribution in [0.1, 0.15) is 12.0 Å². The molecule has 1 aliphatic heterocycles. The Morgan fingerprint density at radius 3 is 2.86 bits per heavy atom. The van der Waals surface area contributed by atoms with Crippen LogP contribution in [0.2, 0.25) is 0 Å². The molecule has 21 heavy (non-hydrogen) atoms. The minimum Gasteiger partial charge on any atom is -0.479 e. The number of amides is 1. The molecule has 1 aliphatic rings. The average Bonchev–Trinajstić information content (AvgIpc) is 2.48. The average molecular weight is 299 g/mol. The van der Waals surface area contributed by atoms with E-state index in [9.17, 15) is 18.4 Å². The number of ether oxygens (including phenoxy) is 1. The zero-order valence-corrected chi connectivity index (χ0v) is 11.2. The van der Waals surface area contributed by atoms with Crippen molar-refractivity contribution in [1.29, 1.82) is 0 Å². The number of aryl methyl sites for hydroxylation is 1. The number of nitrogens with zero attached hydrogens (tertiary/aromatic N) is 1. The fourth-order valence-electron chi connectivity index (χ4n) is 2.17. The first-order valence-electron chi connectivity index (χ1n) is 6.54. The van der Waals surface area contributed by atoms with Crippen LogP contribution in [0.15, 0.2) is 18.2 Å². The predicted molar refractivity (Wildman–Crippen MR) is 68.6 cm³/mol. The fourth-order valence-corrected chi connectivity index (χ4v) is 2.17. The number of carbonyl (C=O) groups excluding carboxylic acids is 1. The van der Waals surface area contributed by atoms with Gasteiger partial charge in [-0.05, 0) is 18.1 Å². The van der Waals surface area contributed by atoms with Crippen LogP contribution in [0.4, 0.5) is 8.78 Å². The first-order valence-corrected chi connectivity index (χ1v) is 6.54. The highest BCUT2D eigenvalue weighted by Crippen LogP contribution is 2.14. The standard InChI is InChI=1S/C14H15F2NO4/c15-10-3-1-2-9(13(10)16)4-5-12(18)17-6-7-21-11(8-17)14(19)20/h1-3,11H,4-8H2,(H,19,20)/t11-/m0/s1. The largest absolute Gasteiger partial charge is 0.479 e. The number of benzene rings is 1. The molecule has 1 fully saturated rings. The third-order valence-electron chi connectivity index (χ3n) is 3.33. The molecule has 2 rings (SSSR count). The molecule has 5 nitrogen and oxygen atoms in total. The van der Waals surface area contributed by atoms with Gasteiger partial charge in [-0.3, -0.25) is 4.79 Å². The summed E-state index contributed by atoms with van der Waals surface area (Å²) in [6.45, 7) is 0.422. The maximum Gasteiger partial charge on any atom is 0.334 e. The van der Waals surface area contributed by atoms with Crippen LogP contribution in [0.3, 0.4) is 0 Å². The van der Waals surface area contributed by atoms with Gasteiger partial charge in [-0.15, -0.1) is 0 Å². The predicted octanol–water partition coefficient (Wildman–Crippen LogP) is 1.21. The van der Waals surface area contributed by atoms with Crippen LogP contribution in [-0.2, 0) is 20.7 Å². The lowest BCUT2D eigenvalue weighted by Gasteiger charge is -2.31. The number of carbonyl (C=O) groups is 2. The molecule has 0 aromatic heterocycles. The van der Waals surface area contributed by atoms with Gasteiger partial charge in [-0.1, -0.05) is 12.1 Å². The molecule has 1 atom stereocenters. The summed E-state index contributed by atoms with van der Waals surface area (Å²) in [4.78, 5) is 24.2. The number of aliphatic carboxylic acids is 1. The van der Waals surface area contributed by atoms with Crippen molar-refractivity contribution in [1.82, 2.24) is 4.90 Å². The Hall–Kier alpha value is -2.02. The van der Waals surface area contributed by atoms with E-state index in [4.69, 9.17) is 9.84 Å². The third-order valence-corrected chi connectivity index (χ3v) is 3.33. The van der Waals surface area contributed by atoms with Crippen molar-refractivity contribution in [3.8, 4) is 0 Å². The van der Waals surface area contributed by atoms with Gasteiger partial charge < -0.3 is 14.7 Å². The maximum atomic E-state index is 13.5. The van der Waals surface area contributed by atoms with E-state index < -0.39 is 23.7 Å². The second-order valence-electron chi connectivity index (χ2n) is 4.75. The Labute approximate surface area is 120 Å². The van der Waals surface area contributed by atoms with Crippen LogP contribution in [-0.4, -0.2) is 47.7 Å². The summed E-state index contributed by atoms with van der Waals surface area (Å²) in [5.41, 5.74) is 0.131. The van der Waals surface area contributed by atoms with E-state index in [1.165, 1.54) is 17.0 Å². The number of halogens is 2. The first kappa shape index (κ1) is 15.4. The first-order chi connectivity index (χ1) is 9.99. The van der Waals surface area contributed by atoms with Gasteiger partial charge in [-0.25, -0.2) is 13.6 Å². The molecule has 0 aliphatic carbocycles. The molecule has 0 radical (unpaired) electrons. The van der Waals surface area contributed by atoms with E-state index in [-0.39, 0.29) is 37.5 Å². The highest BCUT2D eigenvalue weighted by molar-refractivity contribution is 5.78. The molecule has 7 heteroatoms. The van der Waals surface area contributed by atoms with Crippen molar-refractivity contribution in [2.75, 3.05) is 19.7 Å². The van der Waals surface area contributed by atoms with E-state index in [2.05, 4.69) is 0 Å². The van der Waals surface area contributed by atoms with Crippen molar-refractivity contribution < 1.29 is 28.2 Å². The van der Waals surface area contributed by atoms with E-state index in [1.54, 1.807) is 0 Å². The minimum absolute atomic E-state index is 0.00723. The molecular formula is C14H15F2NO4. The topological polar surface area (TPSA) is 66.8 Å². The van der Waals surface area contributed by atoms with Crippen LogP contribution < -0.4 is 0 Å². The number of hydrogen-bond donors (Lipinski definition) is 1. The zero-order chi connectivity index (χ0) is 15.4. The van der Waals surface area contributed by atoms with Crippen molar-refractivity contribution in [3.63, 3.8) is 0 Å². The van der Waals surface area contributed by atoms with Crippen molar-refractivity contribution >= 4 is 11.9 Å². The van der Waals surface area contributed by atoms with Crippen LogP contribution >= 0.6 is 0 Å². The van der Waals surface area contributed by atoms with Gasteiger partial charge in [0.2, 0.25) is 5.91 Å². The van der Waals surface area contributed by atoms with Gasteiger partial charge >= 0.3 is 5.97 Å². The Morgan fingerprint density at radius 1 is 1.38 bits per heavy atom. The normalized spacial score (nSPS) is 18.6. The van der Waals surface area contributed by atoms with Gasteiger partial charge in [-0.2, -0.15) is 0 Å². The van der Waals surface area contributed by atoms with Gasteiger partial charge in [0.15, 0.2) is 17.7 Å². The quantitative estimate of drug-likeness (QED) is 0.907. The SMILES string of the molecule is O=C(O)[C@@H]1CN(C(=O)CCc2cccc(F)c2F)CCO1. The highest BCUT2D eigenvalue weighted by atomic mass is 19.2. The van der Waals surface area contributed by atoms with Gasteiger partial charge in [0.25, 0.3) is 0 Å². The number of rotatable bonds is 4. The smallest absolute Gasteiger partial charge is 0.334 e. The van der Waals surface area contributed by atoms with Crippen LogP contribution in [0, 0.1) is 11.6 Å². The second kappa shape index (κ2) is 6.62. The summed E-state index contributed by atoms with van der Waals surface area (Å²) in [5.74, 6) is -3.31. The molecule has 1 N–H and O–H groups in total. The van der Waals surface area contributed by atoms with Crippen molar-refractivity contribution in [2.24, 2.45) is 0 Å². The Morgan fingerprint density at radius 2 is 2.14 bits per heavy atom. The van der Waals surface area contributed by atoms with Crippen LogP contribution in [0.25, 0.3) is 0 Å². The third kappa shape index (κ3) is 3.75. The Balaban J connectivity index is 1.92. The molecule has 1 aromatic carbocycles. The highest BCUT2D eigenvalue weighted by Gasteiger charge is 2.28. The molecule has 114 valence electrons. The van der Waals surface area contributed by atoms with E-state index in [1.807, 2.05) is 0 Å². The van der Waals surface area contributed by atoms with E-state index in [0.29, 0.717) is 6.54 Å². The Bertz CT molecular complexity index is 550.